The van der Waals surface area contributed by atoms with E-state index in [4.69, 9.17) is 9.47 Å². The maximum absolute atomic E-state index is 5.68. The smallest absolute Gasteiger partial charge is 0.134 e. The van der Waals surface area contributed by atoms with Crippen molar-refractivity contribution in [3.63, 3.8) is 0 Å². The lowest BCUT2D eigenvalue weighted by Crippen LogP contribution is -2.19. The van der Waals surface area contributed by atoms with Gasteiger partial charge >= 0.3 is 0 Å². The molecule has 0 saturated carbocycles. The van der Waals surface area contributed by atoms with Crippen molar-refractivity contribution >= 4 is 15.9 Å². The molecule has 2 rings (SSSR count). The van der Waals surface area contributed by atoms with Crippen LogP contribution in [0.2, 0.25) is 0 Å². The van der Waals surface area contributed by atoms with Crippen LogP contribution in [0.25, 0.3) is 0 Å². The number of nitrogens with zero attached hydrogens (tertiary/aromatic N) is 1. The minimum Gasteiger partial charge on any atom is -0.495 e. The van der Waals surface area contributed by atoms with Gasteiger partial charge in [-0.1, -0.05) is 33.8 Å². The molecule has 0 aromatic heterocycles. The number of likely N-dealkylation sites (N-methyl/N-ethyl adjacent to an activating group) is 1. The summed E-state index contributed by atoms with van der Waals surface area (Å²) in [4.78, 5) is 2.09. The molecule has 0 unspecified atom stereocenters. The fraction of sp³-hybridized carbons (Fsp3) is 0.300. The van der Waals surface area contributed by atoms with Gasteiger partial charge in [-0.2, -0.15) is 0 Å². The van der Waals surface area contributed by atoms with Crippen LogP contribution in [0.5, 0.6) is 11.5 Å². The first-order valence-electron chi connectivity index (χ1n) is 7.75. The number of hydrogen-bond donors (Lipinski definition) is 0. The third-order valence-corrected chi connectivity index (χ3v) is 4.07. The Morgan fingerprint density at radius 1 is 1.04 bits per heavy atom. The van der Waals surface area contributed by atoms with Crippen LogP contribution in [0, 0.1) is 11.8 Å². The van der Waals surface area contributed by atoms with E-state index in [0.717, 1.165) is 40.1 Å². The van der Waals surface area contributed by atoms with E-state index in [-0.39, 0.29) is 0 Å². The Labute approximate surface area is 152 Å². The SMILES string of the molecule is COc1cc(CBr)ccc1C#Cc1ccc(OCCN(C)C)cc1. The third-order valence-electron chi connectivity index (χ3n) is 3.42. The van der Waals surface area contributed by atoms with E-state index >= 15 is 0 Å². The average molecular weight is 388 g/mol. The Kier molecular flexibility index (Phi) is 7.17. The molecule has 0 amide bonds. The molecular weight excluding hydrogens is 366 g/mol. The lowest BCUT2D eigenvalue weighted by molar-refractivity contribution is 0.261. The monoisotopic (exact) mass is 387 g/mol. The number of methoxy groups -OCH3 is 1. The van der Waals surface area contributed by atoms with Gasteiger partial charge in [0.05, 0.1) is 12.7 Å². The molecule has 0 saturated heterocycles. The van der Waals surface area contributed by atoms with Gasteiger partial charge in [0.1, 0.15) is 18.1 Å². The van der Waals surface area contributed by atoms with Crippen molar-refractivity contribution in [1.82, 2.24) is 4.90 Å². The van der Waals surface area contributed by atoms with E-state index in [2.05, 4.69) is 32.7 Å². The lowest BCUT2D eigenvalue weighted by atomic mass is 10.1. The number of hydrogen-bond acceptors (Lipinski definition) is 3. The molecule has 4 heteroatoms. The van der Waals surface area contributed by atoms with Crippen LogP contribution in [-0.4, -0.2) is 39.3 Å². The van der Waals surface area contributed by atoms with Crippen LogP contribution in [0.4, 0.5) is 0 Å². The van der Waals surface area contributed by atoms with Crippen molar-refractivity contribution in [3.8, 4) is 23.3 Å². The molecule has 2 aromatic rings. The topological polar surface area (TPSA) is 21.7 Å². The lowest BCUT2D eigenvalue weighted by Gasteiger charge is -2.10. The normalized spacial score (nSPS) is 10.2. The van der Waals surface area contributed by atoms with Crippen LogP contribution < -0.4 is 9.47 Å². The highest BCUT2D eigenvalue weighted by Gasteiger charge is 2.01. The predicted molar refractivity (Wildman–Crippen MR) is 102 cm³/mol. The molecule has 0 aliphatic rings. The molecule has 0 aliphatic heterocycles. The van der Waals surface area contributed by atoms with Gasteiger partial charge in [0.2, 0.25) is 0 Å². The van der Waals surface area contributed by atoms with Crippen LogP contribution in [0.15, 0.2) is 42.5 Å². The van der Waals surface area contributed by atoms with E-state index in [9.17, 15) is 0 Å². The summed E-state index contributed by atoms with van der Waals surface area (Å²) in [6, 6.07) is 13.9. The minimum atomic E-state index is 0.676. The van der Waals surface area contributed by atoms with Crippen LogP contribution in [-0.2, 0) is 5.33 Å². The first kappa shape index (κ1) is 18.4. The second-order valence-corrected chi connectivity index (χ2v) is 6.16. The maximum Gasteiger partial charge on any atom is 0.134 e. The molecule has 0 fully saturated rings. The van der Waals surface area contributed by atoms with Gasteiger partial charge in [0, 0.05) is 17.4 Å². The minimum absolute atomic E-state index is 0.676. The Bertz CT molecular complexity index is 715. The fourth-order valence-corrected chi connectivity index (χ4v) is 2.39. The molecule has 126 valence electrons. The zero-order valence-corrected chi connectivity index (χ0v) is 15.9. The second-order valence-electron chi connectivity index (χ2n) is 5.59. The predicted octanol–water partition coefficient (Wildman–Crippen LogP) is 3.93. The van der Waals surface area contributed by atoms with Gasteiger partial charge in [0.15, 0.2) is 0 Å². The molecule has 0 bridgehead atoms. The summed E-state index contributed by atoms with van der Waals surface area (Å²) in [5.74, 6) is 8.00. The second kappa shape index (κ2) is 9.36. The largest absolute Gasteiger partial charge is 0.495 e. The number of alkyl halides is 1. The van der Waals surface area contributed by atoms with Gasteiger partial charge < -0.3 is 14.4 Å². The molecule has 0 spiro atoms. The molecule has 2 aromatic carbocycles. The van der Waals surface area contributed by atoms with E-state index < -0.39 is 0 Å². The van der Waals surface area contributed by atoms with E-state index in [1.54, 1.807) is 7.11 Å². The van der Waals surface area contributed by atoms with Crippen molar-refractivity contribution in [2.75, 3.05) is 34.4 Å². The van der Waals surface area contributed by atoms with Gasteiger partial charge in [-0.05, 0) is 56.1 Å². The van der Waals surface area contributed by atoms with Gasteiger partial charge in [0.25, 0.3) is 0 Å². The van der Waals surface area contributed by atoms with Gasteiger partial charge in [-0.15, -0.1) is 0 Å². The molecule has 3 nitrogen and oxygen atoms in total. The highest BCUT2D eigenvalue weighted by molar-refractivity contribution is 9.08. The van der Waals surface area contributed by atoms with Crippen molar-refractivity contribution in [2.24, 2.45) is 0 Å². The summed E-state index contributed by atoms with van der Waals surface area (Å²) in [6.07, 6.45) is 0. The summed E-state index contributed by atoms with van der Waals surface area (Å²) in [5, 5.41) is 0.798. The molecule has 0 radical (unpaired) electrons. The van der Waals surface area contributed by atoms with E-state index in [1.807, 2.05) is 56.6 Å². The first-order valence-corrected chi connectivity index (χ1v) is 8.87. The van der Waals surface area contributed by atoms with Crippen molar-refractivity contribution in [2.45, 2.75) is 5.33 Å². The summed E-state index contributed by atoms with van der Waals surface area (Å²) in [7, 11) is 5.72. The third kappa shape index (κ3) is 5.59. The Balaban J connectivity index is 2.05. The summed E-state index contributed by atoms with van der Waals surface area (Å²) >= 11 is 3.45. The Hall–Kier alpha value is -1.96. The van der Waals surface area contributed by atoms with E-state index in [0.29, 0.717) is 6.61 Å². The Morgan fingerprint density at radius 2 is 1.79 bits per heavy atom. The van der Waals surface area contributed by atoms with Crippen molar-refractivity contribution in [1.29, 1.82) is 0 Å². The number of halogens is 1. The first-order chi connectivity index (χ1) is 11.6. The zero-order valence-electron chi connectivity index (χ0n) is 14.3. The van der Waals surface area contributed by atoms with Crippen LogP contribution >= 0.6 is 15.9 Å². The average Bonchev–Trinajstić information content (AvgIpc) is 2.60. The van der Waals surface area contributed by atoms with Crippen molar-refractivity contribution in [3.05, 3.63) is 59.2 Å². The van der Waals surface area contributed by atoms with Crippen LogP contribution in [0.1, 0.15) is 16.7 Å². The summed E-state index contributed by atoms with van der Waals surface area (Å²) in [6.45, 7) is 1.57. The van der Waals surface area contributed by atoms with Crippen molar-refractivity contribution < 1.29 is 9.47 Å². The van der Waals surface area contributed by atoms with E-state index in [1.165, 1.54) is 0 Å². The zero-order chi connectivity index (χ0) is 17.4. The van der Waals surface area contributed by atoms with Gasteiger partial charge in [-0.25, -0.2) is 0 Å². The number of ether oxygens (including phenoxy) is 2. The van der Waals surface area contributed by atoms with Gasteiger partial charge in [-0.3, -0.25) is 0 Å². The molecule has 0 heterocycles. The molecule has 0 aliphatic carbocycles. The molecule has 0 atom stereocenters. The quantitative estimate of drug-likeness (QED) is 0.553. The number of benzene rings is 2. The Morgan fingerprint density at radius 3 is 2.42 bits per heavy atom. The fourth-order valence-electron chi connectivity index (χ4n) is 2.04. The molecule has 0 N–H and O–H groups in total. The highest BCUT2D eigenvalue weighted by atomic mass is 79.9. The van der Waals surface area contributed by atoms with Crippen LogP contribution in [0.3, 0.4) is 0 Å². The standard InChI is InChI=1S/C20H22BrNO2/c1-22(2)12-13-24-19-10-6-16(7-11-19)4-8-18-9-5-17(15-21)14-20(18)23-3/h5-7,9-11,14H,12-13,15H2,1-3H3. The molecular formula is C20H22BrNO2. The summed E-state index contributed by atoms with van der Waals surface area (Å²) in [5.41, 5.74) is 2.99. The highest BCUT2D eigenvalue weighted by Crippen LogP contribution is 2.21. The summed E-state index contributed by atoms with van der Waals surface area (Å²) < 4.78 is 11.1. The number of rotatable bonds is 6. The maximum atomic E-state index is 5.68. The molecule has 24 heavy (non-hydrogen) atoms.